The highest BCUT2D eigenvalue weighted by atomic mass is 32.2. The highest BCUT2D eigenvalue weighted by molar-refractivity contribution is 7.80. The van der Waals surface area contributed by atoms with Crippen molar-refractivity contribution in [3.63, 3.8) is 0 Å². The molecule has 1 rings (SSSR count). The molecule has 0 saturated carbocycles. The Kier molecular flexibility index (Phi) is 2.79. The van der Waals surface area contributed by atoms with Crippen molar-refractivity contribution in [3.8, 4) is 0 Å². The molecule has 1 aromatic rings. The molecule has 1 atom stereocenters. The fraction of sp³-hybridized carbons (Fsp3) is 0.400. The summed E-state index contributed by atoms with van der Waals surface area (Å²) in [4.78, 5) is 0. The Morgan fingerprint density at radius 1 is 1.92 bits per heavy atom. The quantitative estimate of drug-likeness (QED) is 0.605. The minimum absolute atomic E-state index is 0.207. The number of hydrogen-bond acceptors (Lipinski definition) is 4. The second-order valence-electron chi connectivity index (χ2n) is 2.14. The van der Waals surface area contributed by atoms with E-state index in [-0.39, 0.29) is 6.61 Å². The summed E-state index contributed by atoms with van der Waals surface area (Å²) in [7, 11) is 1.58. The summed E-state index contributed by atoms with van der Waals surface area (Å²) in [5.74, 6) is 0.326. The summed E-state index contributed by atoms with van der Waals surface area (Å²) in [6, 6.07) is 1.45. The number of anilines is 1. The number of aryl methyl sites for hydroxylation is 1. The Morgan fingerprint density at radius 2 is 2.58 bits per heavy atom. The second-order valence-corrected chi connectivity index (χ2v) is 2.81. The average Bonchev–Trinajstić information content (AvgIpc) is 2.31. The van der Waals surface area contributed by atoms with E-state index in [9.17, 15) is 8.76 Å². The number of nitrogens with one attached hydrogen (secondary N) is 1. The van der Waals surface area contributed by atoms with Gasteiger partial charge in [0.25, 0.3) is 0 Å². The van der Waals surface area contributed by atoms with Crippen LogP contribution in [0.2, 0.25) is 0 Å². The van der Waals surface area contributed by atoms with Crippen LogP contribution in [0.3, 0.4) is 0 Å². The molecule has 0 aliphatic carbocycles. The first-order valence-electron chi connectivity index (χ1n) is 3.13. The van der Waals surface area contributed by atoms with Gasteiger partial charge >= 0.3 is 0 Å². The molecule has 0 aliphatic rings. The number of rotatable bonds is 3. The number of aliphatic hydroxyl groups is 1. The van der Waals surface area contributed by atoms with Crippen LogP contribution >= 0.6 is 0 Å². The van der Waals surface area contributed by atoms with E-state index in [1.165, 1.54) is 10.7 Å². The van der Waals surface area contributed by atoms with Crippen molar-refractivity contribution in [2.75, 3.05) is 4.72 Å². The third-order valence-corrected chi connectivity index (χ3v) is 1.66. The van der Waals surface area contributed by atoms with Crippen molar-refractivity contribution >= 4 is 17.1 Å². The van der Waals surface area contributed by atoms with Gasteiger partial charge in [-0.15, -0.1) is 0 Å². The normalized spacial score (nSPS) is 12.9. The minimum Gasteiger partial charge on any atom is -0.755 e. The van der Waals surface area contributed by atoms with E-state index in [0.717, 1.165) is 0 Å². The summed E-state index contributed by atoms with van der Waals surface area (Å²) in [5, 5.41) is 12.5. The van der Waals surface area contributed by atoms with Crippen LogP contribution in [-0.4, -0.2) is 23.6 Å². The topological polar surface area (TPSA) is 90.2 Å². The Bertz CT molecular complexity index is 298. The molecule has 0 aliphatic heterocycles. The van der Waals surface area contributed by atoms with Gasteiger partial charge < -0.3 is 14.4 Å². The minimum atomic E-state index is -2.36. The number of aliphatic hydroxyl groups excluding tert-OH is 1. The molecule has 1 unspecified atom stereocenters. The summed E-state index contributed by atoms with van der Waals surface area (Å²) in [5.41, 5.74) is 0.422. The monoisotopic (exact) mass is 190 g/mol. The molecule has 68 valence electrons. The van der Waals surface area contributed by atoms with E-state index in [2.05, 4.69) is 9.82 Å². The molecule has 0 saturated heterocycles. The third kappa shape index (κ3) is 2.03. The molecule has 7 heteroatoms. The van der Waals surface area contributed by atoms with Crippen LogP contribution in [0.1, 0.15) is 5.69 Å². The Labute approximate surface area is 71.6 Å². The van der Waals surface area contributed by atoms with Gasteiger partial charge in [-0.05, 0) is 0 Å². The van der Waals surface area contributed by atoms with E-state index < -0.39 is 11.3 Å². The fourth-order valence-corrected chi connectivity index (χ4v) is 1.15. The van der Waals surface area contributed by atoms with Crippen LogP contribution < -0.4 is 4.72 Å². The van der Waals surface area contributed by atoms with Crippen LogP contribution in [0, 0.1) is 0 Å². The second kappa shape index (κ2) is 3.65. The van der Waals surface area contributed by atoms with E-state index in [1.54, 1.807) is 7.05 Å². The van der Waals surface area contributed by atoms with Crippen LogP contribution in [-0.2, 0) is 24.9 Å². The molecule has 2 N–H and O–H groups in total. The van der Waals surface area contributed by atoms with Crippen LogP contribution in [0.5, 0.6) is 0 Å². The SMILES string of the molecule is Cn1nc(CO)cc1NS(=O)[O-]. The maximum atomic E-state index is 10.2. The third-order valence-electron chi connectivity index (χ3n) is 1.28. The van der Waals surface area contributed by atoms with Crippen LogP contribution in [0.25, 0.3) is 0 Å². The first kappa shape index (κ1) is 9.17. The molecule has 0 amide bonds. The van der Waals surface area contributed by atoms with E-state index in [0.29, 0.717) is 11.5 Å². The molecule has 0 aromatic carbocycles. The molecule has 12 heavy (non-hydrogen) atoms. The highest BCUT2D eigenvalue weighted by Gasteiger charge is 2.02. The van der Waals surface area contributed by atoms with Crippen LogP contribution in [0.15, 0.2) is 6.07 Å². The summed E-state index contributed by atoms with van der Waals surface area (Å²) < 4.78 is 23.9. The zero-order chi connectivity index (χ0) is 9.14. The maximum Gasteiger partial charge on any atom is 0.135 e. The number of aromatic nitrogens is 2. The lowest BCUT2D eigenvalue weighted by atomic mass is 10.4. The Hall–Kier alpha value is -0.920. The van der Waals surface area contributed by atoms with E-state index in [1.807, 2.05) is 0 Å². The predicted molar refractivity (Wildman–Crippen MR) is 41.7 cm³/mol. The highest BCUT2D eigenvalue weighted by Crippen LogP contribution is 2.08. The molecule has 0 radical (unpaired) electrons. The van der Waals surface area contributed by atoms with Crippen LogP contribution in [0.4, 0.5) is 5.82 Å². The molecule has 0 spiro atoms. The van der Waals surface area contributed by atoms with E-state index >= 15 is 0 Å². The van der Waals surface area contributed by atoms with Gasteiger partial charge in [-0.3, -0.25) is 8.89 Å². The van der Waals surface area contributed by atoms with Gasteiger partial charge in [-0.2, -0.15) is 5.10 Å². The van der Waals surface area contributed by atoms with Crippen molar-refractivity contribution in [2.45, 2.75) is 6.61 Å². The molecular weight excluding hydrogens is 182 g/mol. The van der Waals surface area contributed by atoms with Crippen molar-refractivity contribution in [3.05, 3.63) is 11.8 Å². The van der Waals surface area contributed by atoms with Crippen molar-refractivity contribution in [1.82, 2.24) is 9.78 Å². The smallest absolute Gasteiger partial charge is 0.135 e. The first-order chi connectivity index (χ1) is 5.63. The van der Waals surface area contributed by atoms with Crippen molar-refractivity contribution in [2.24, 2.45) is 7.05 Å². The lowest BCUT2D eigenvalue weighted by molar-refractivity contribution is 0.275. The van der Waals surface area contributed by atoms with Gasteiger partial charge in [0.15, 0.2) is 0 Å². The van der Waals surface area contributed by atoms with Gasteiger partial charge in [0.1, 0.15) is 5.82 Å². The average molecular weight is 190 g/mol. The maximum absolute atomic E-state index is 10.2. The number of hydrogen-bond donors (Lipinski definition) is 2. The van der Waals surface area contributed by atoms with Gasteiger partial charge in [0.05, 0.1) is 12.3 Å². The zero-order valence-corrected chi connectivity index (χ0v) is 7.17. The molecule has 1 heterocycles. The summed E-state index contributed by atoms with van der Waals surface area (Å²) >= 11 is -2.36. The zero-order valence-electron chi connectivity index (χ0n) is 6.35. The van der Waals surface area contributed by atoms with Crippen molar-refractivity contribution in [1.29, 1.82) is 0 Å². The summed E-state index contributed by atoms with van der Waals surface area (Å²) in [6.07, 6.45) is 0. The van der Waals surface area contributed by atoms with Gasteiger partial charge in [0.2, 0.25) is 0 Å². The van der Waals surface area contributed by atoms with Gasteiger partial charge in [-0.25, -0.2) is 0 Å². The lowest BCUT2D eigenvalue weighted by Gasteiger charge is -2.06. The first-order valence-corrected chi connectivity index (χ1v) is 4.20. The van der Waals surface area contributed by atoms with E-state index in [4.69, 9.17) is 5.11 Å². The standard InChI is InChI=1S/C5H9N3O3S/c1-8-5(7-12(10)11)2-4(3-9)6-8/h2,7,9H,3H2,1H3,(H,10,11)/p-1. The van der Waals surface area contributed by atoms with Gasteiger partial charge in [0, 0.05) is 24.4 Å². The number of nitrogens with zero attached hydrogens (tertiary/aromatic N) is 2. The Morgan fingerprint density at radius 3 is 3.00 bits per heavy atom. The predicted octanol–water partition coefficient (Wildman–Crippen LogP) is -0.882. The largest absolute Gasteiger partial charge is 0.755 e. The molecular formula is C5H8N3O3S-. The lowest BCUT2D eigenvalue weighted by Crippen LogP contribution is -2.06. The Balaban J connectivity index is 2.84. The molecule has 6 nitrogen and oxygen atoms in total. The molecule has 0 fully saturated rings. The molecule has 1 aromatic heterocycles. The summed E-state index contributed by atoms with van der Waals surface area (Å²) in [6.45, 7) is -0.207. The van der Waals surface area contributed by atoms with Crippen molar-refractivity contribution < 1.29 is 13.9 Å². The van der Waals surface area contributed by atoms with Gasteiger partial charge in [-0.1, -0.05) is 0 Å². The fourth-order valence-electron chi connectivity index (χ4n) is 0.785. The molecule has 0 bridgehead atoms.